The Balaban J connectivity index is 2.13. The minimum atomic E-state index is -0.382. The maximum Gasteiger partial charge on any atom is 0.275 e. The third-order valence-electron chi connectivity index (χ3n) is 3.56. The molecule has 1 N–H and O–H groups in total. The molecule has 0 atom stereocenters. The van der Waals surface area contributed by atoms with Crippen LogP contribution in [0.25, 0.3) is 0 Å². The molecule has 1 saturated heterocycles. The molecule has 0 bridgehead atoms. The van der Waals surface area contributed by atoms with Crippen molar-refractivity contribution in [3.63, 3.8) is 0 Å². The third-order valence-corrected chi connectivity index (χ3v) is 3.56. The zero-order valence-electron chi connectivity index (χ0n) is 12.8. The molecule has 1 heterocycles. The van der Waals surface area contributed by atoms with Crippen LogP contribution in [0.4, 0.5) is 11.4 Å². The first-order valence-electron chi connectivity index (χ1n) is 7.35. The van der Waals surface area contributed by atoms with Crippen LogP contribution in [0.5, 0.6) is 5.75 Å². The number of nitrogens with zero attached hydrogens (tertiary/aromatic N) is 2. The van der Waals surface area contributed by atoms with Gasteiger partial charge in [-0.2, -0.15) is 0 Å². The average Bonchev–Trinajstić information content (AvgIpc) is 2.40. The molecule has 1 aliphatic rings. The van der Waals surface area contributed by atoms with Crippen LogP contribution in [0.3, 0.4) is 0 Å². The summed E-state index contributed by atoms with van der Waals surface area (Å²) in [6.45, 7) is 5.90. The van der Waals surface area contributed by atoms with Crippen molar-refractivity contribution >= 4 is 11.4 Å². The average molecular weight is 293 g/mol. The van der Waals surface area contributed by atoms with Crippen LogP contribution in [-0.4, -0.2) is 42.1 Å². The highest BCUT2D eigenvalue weighted by Gasteiger charge is 2.18. The van der Waals surface area contributed by atoms with Gasteiger partial charge in [-0.25, -0.2) is 0 Å². The van der Waals surface area contributed by atoms with Gasteiger partial charge in [0, 0.05) is 23.9 Å². The maximum absolute atomic E-state index is 11.0. The Kier molecular flexibility index (Phi) is 5.01. The first-order valence-corrected chi connectivity index (χ1v) is 7.35. The van der Waals surface area contributed by atoms with Gasteiger partial charge in [0.05, 0.1) is 17.1 Å². The van der Waals surface area contributed by atoms with E-state index in [0.717, 1.165) is 31.6 Å². The molecule has 116 valence electrons. The lowest BCUT2D eigenvalue weighted by Crippen LogP contribution is -2.36. The minimum Gasteiger partial charge on any atom is -0.491 e. The molecule has 0 aromatic heterocycles. The first kappa shape index (κ1) is 15.6. The van der Waals surface area contributed by atoms with Crippen molar-refractivity contribution in [1.29, 1.82) is 0 Å². The largest absolute Gasteiger partial charge is 0.491 e. The number of non-ortho nitro benzene ring substituents is 1. The van der Waals surface area contributed by atoms with Crippen molar-refractivity contribution in [3.8, 4) is 5.75 Å². The van der Waals surface area contributed by atoms with Crippen LogP contribution in [0.2, 0.25) is 0 Å². The monoisotopic (exact) mass is 293 g/mol. The van der Waals surface area contributed by atoms with E-state index >= 15 is 0 Å². The van der Waals surface area contributed by atoms with Gasteiger partial charge in [0.1, 0.15) is 5.75 Å². The summed E-state index contributed by atoms with van der Waals surface area (Å²) in [7, 11) is 2.11. The topological polar surface area (TPSA) is 67.6 Å². The summed E-state index contributed by atoms with van der Waals surface area (Å²) in [5, 5.41) is 14.4. The second-order valence-electron chi connectivity index (χ2n) is 5.86. The molecular weight excluding hydrogens is 270 g/mol. The summed E-state index contributed by atoms with van der Waals surface area (Å²) in [6.07, 6.45) is 2.07. The Morgan fingerprint density at radius 3 is 2.57 bits per heavy atom. The molecule has 0 amide bonds. The van der Waals surface area contributed by atoms with E-state index in [2.05, 4.69) is 17.3 Å². The number of rotatable bonds is 5. The lowest BCUT2D eigenvalue weighted by atomic mass is 10.1. The fraction of sp³-hybridized carbons (Fsp3) is 0.600. The van der Waals surface area contributed by atoms with Gasteiger partial charge >= 0.3 is 0 Å². The number of nitro benzene ring substituents is 1. The van der Waals surface area contributed by atoms with E-state index in [4.69, 9.17) is 4.74 Å². The normalized spacial score (nSPS) is 17.0. The van der Waals surface area contributed by atoms with Crippen molar-refractivity contribution in [1.82, 2.24) is 4.90 Å². The highest BCUT2D eigenvalue weighted by molar-refractivity contribution is 5.57. The highest BCUT2D eigenvalue weighted by atomic mass is 16.6. The van der Waals surface area contributed by atoms with Gasteiger partial charge in [-0.05, 0) is 46.8 Å². The van der Waals surface area contributed by atoms with Gasteiger partial charge in [-0.3, -0.25) is 10.1 Å². The number of hydrogen-bond acceptors (Lipinski definition) is 5. The number of benzene rings is 1. The number of anilines is 1. The maximum atomic E-state index is 11.0. The number of hydrogen-bond donors (Lipinski definition) is 1. The molecule has 0 aliphatic carbocycles. The molecule has 2 rings (SSSR count). The van der Waals surface area contributed by atoms with Crippen LogP contribution in [0.1, 0.15) is 26.7 Å². The molecule has 21 heavy (non-hydrogen) atoms. The van der Waals surface area contributed by atoms with E-state index in [1.54, 1.807) is 6.07 Å². The van der Waals surface area contributed by atoms with E-state index in [9.17, 15) is 10.1 Å². The summed E-state index contributed by atoms with van der Waals surface area (Å²) in [5.41, 5.74) is 0.818. The van der Waals surface area contributed by atoms with Crippen molar-refractivity contribution in [3.05, 3.63) is 28.3 Å². The Hall–Kier alpha value is -1.82. The van der Waals surface area contributed by atoms with Gasteiger partial charge in [0.15, 0.2) is 0 Å². The van der Waals surface area contributed by atoms with E-state index in [-0.39, 0.29) is 16.7 Å². The molecule has 1 aromatic carbocycles. The predicted octanol–water partition coefficient (Wildman–Crippen LogP) is 2.89. The second-order valence-corrected chi connectivity index (χ2v) is 5.86. The standard InChI is InChI=1S/C15H23N3O3/c1-11(2)21-15-9-13(8-14(10-15)18(19)20)16-12-4-6-17(3)7-5-12/h8-12,16H,4-7H2,1-3H3. The smallest absolute Gasteiger partial charge is 0.275 e. The van der Waals surface area contributed by atoms with Crippen molar-refractivity contribution in [2.24, 2.45) is 0 Å². The van der Waals surface area contributed by atoms with Gasteiger partial charge in [-0.15, -0.1) is 0 Å². The summed E-state index contributed by atoms with van der Waals surface area (Å²) in [6, 6.07) is 5.24. The second kappa shape index (κ2) is 6.76. The van der Waals surface area contributed by atoms with Crippen molar-refractivity contribution in [2.75, 3.05) is 25.5 Å². The molecule has 0 radical (unpaired) electrons. The molecule has 6 heteroatoms. The van der Waals surface area contributed by atoms with Crippen molar-refractivity contribution < 1.29 is 9.66 Å². The van der Waals surface area contributed by atoms with Crippen LogP contribution in [-0.2, 0) is 0 Å². The van der Waals surface area contributed by atoms with Crippen LogP contribution >= 0.6 is 0 Å². The predicted molar refractivity (Wildman–Crippen MR) is 83.0 cm³/mol. The molecule has 1 aliphatic heterocycles. The van der Waals surface area contributed by atoms with Gasteiger partial charge < -0.3 is 15.0 Å². The molecular formula is C15H23N3O3. The lowest BCUT2D eigenvalue weighted by molar-refractivity contribution is -0.384. The number of nitrogens with one attached hydrogen (secondary N) is 1. The Morgan fingerprint density at radius 2 is 2.00 bits per heavy atom. The van der Waals surface area contributed by atoms with Gasteiger partial charge in [0.25, 0.3) is 5.69 Å². The zero-order valence-corrected chi connectivity index (χ0v) is 12.8. The summed E-state index contributed by atoms with van der Waals surface area (Å²) < 4.78 is 5.60. The zero-order chi connectivity index (χ0) is 15.4. The van der Waals surface area contributed by atoms with E-state index in [1.165, 1.54) is 6.07 Å². The van der Waals surface area contributed by atoms with E-state index in [1.807, 2.05) is 19.9 Å². The Morgan fingerprint density at radius 1 is 1.33 bits per heavy atom. The SMILES string of the molecule is CC(C)Oc1cc(NC2CCN(C)CC2)cc([N+](=O)[O-])c1. The van der Waals surface area contributed by atoms with Crippen LogP contribution < -0.4 is 10.1 Å². The Labute approximate surface area is 125 Å². The molecule has 1 aromatic rings. The molecule has 0 saturated carbocycles. The van der Waals surface area contributed by atoms with Crippen LogP contribution in [0, 0.1) is 10.1 Å². The van der Waals surface area contributed by atoms with Crippen molar-refractivity contribution in [2.45, 2.75) is 38.8 Å². The highest BCUT2D eigenvalue weighted by Crippen LogP contribution is 2.28. The van der Waals surface area contributed by atoms with Gasteiger partial charge in [-0.1, -0.05) is 0 Å². The quantitative estimate of drug-likeness (QED) is 0.668. The summed E-state index contributed by atoms with van der Waals surface area (Å²) >= 11 is 0. The number of likely N-dealkylation sites (tertiary alicyclic amines) is 1. The minimum absolute atomic E-state index is 0.0109. The molecule has 0 spiro atoms. The number of nitro groups is 1. The lowest BCUT2D eigenvalue weighted by Gasteiger charge is -2.30. The molecule has 1 fully saturated rings. The molecule has 6 nitrogen and oxygen atoms in total. The van der Waals surface area contributed by atoms with Crippen LogP contribution in [0.15, 0.2) is 18.2 Å². The third kappa shape index (κ3) is 4.60. The fourth-order valence-corrected chi connectivity index (χ4v) is 2.50. The van der Waals surface area contributed by atoms with Gasteiger partial charge in [0.2, 0.25) is 0 Å². The fourth-order valence-electron chi connectivity index (χ4n) is 2.50. The van der Waals surface area contributed by atoms with E-state index < -0.39 is 0 Å². The number of piperidine rings is 1. The number of ether oxygens (including phenoxy) is 1. The van der Waals surface area contributed by atoms with E-state index in [0.29, 0.717) is 11.8 Å². The first-order chi connectivity index (χ1) is 9.94. The summed E-state index contributed by atoms with van der Waals surface area (Å²) in [4.78, 5) is 13.0. The molecule has 0 unspecified atom stereocenters. The summed E-state index contributed by atoms with van der Waals surface area (Å²) in [5.74, 6) is 0.537. The Bertz CT molecular complexity index is 497.